The van der Waals surface area contributed by atoms with Crippen LogP contribution in [0.25, 0.3) is 10.9 Å². The number of thiazole rings is 1. The Morgan fingerprint density at radius 3 is 3.04 bits per heavy atom. The minimum atomic E-state index is -0.0937. The average molecular weight is 397 g/mol. The number of fused-ring (bicyclic) bond motifs is 1. The van der Waals surface area contributed by atoms with Gasteiger partial charge in [-0.05, 0) is 26.0 Å². The predicted octanol–water partition coefficient (Wildman–Crippen LogP) is 4.00. The molecule has 4 rings (SSSR count). The van der Waals surface area contributed by atoms with E-state index < -0.39 is 0 Å². The third kappa shape index (κ3) is 4.15. The van der Waals surface area contributed by atoms with Crippen LogP contribution in [0.5, 0.6) is 5.75 Å². The average Bonchev–Trinajstić information content (AvgIpc) is 3.21. The number of carbonyl (C=O) groups is 1. The lowest BCUT2D eigenvalue weighted by Gasteiger charge is -2.19. The van der Waals surface area contributed by atoms with Gasteiger partial charge in [0.15, 0.2) is 5.13 Å². The van der Waals surface area contributed by atoms with Crippen molar-refractivity contribution in [1.82, 2.24) is 14.9 Å². The van der Waals surface area contributed by atoms with Crippen LogP contribution < -0.4 is 10.1 Å². The Morgan fingerprint density at radius 2 is 2.21 bits per heavy atom. The van der Waals surface area contributed by atoms with Gasteiger partial charge in [-0.15, -0.1) is 11.3 Å². The number of hydrogen-bond acceptors (Lipinski definition) is 6. The molecule has 3 heterocycles. The molecule has 0 radical (unpaired) electrons. The SMILES string of the molecule is CC(=O)Nc1ncc(CN2C[C@H](Oc3cc(C)nc4ccccc34)C[C@@H]2C)s1. The summed E-state index contributed by atoms with van der Waals surface area (Å²) in [5, 5.41) is 4.46. The maximum atomic E-state index is 11.2. The molecule has 6 nitrogen and oxygen atoms in total. The molecule has 2 aromatic heterocycles. The van der Waals surface area contributed by atoms with E-state index in [0.717, 1.165) is 46.7 Å². The minimum Gasteiger partial charge on any atom is -0.488 e. The monoisotopic (exact) mass is 396 g/mol. The van der Waals surface area contributed by atoms with Crippen LogP contribution in [0, 0.1) is 6.92 Å². The number of aryl methyl sites for hydroxylation is 1. The number of anilines is 1. The molecule has 1 amide bonds. The molecule has 1 aliphatic rings. The molecule has 2 atom stereocenters. The van der Waals surface area contributed by atoms with E-state index in [1.807, 2.05) is 37.4 Å². The number of hydrogen-bond donors (Lipinski definition) is 1. The summed E-state index contributed by atoms with van der Waals surface area (Å²) >= 11 is 1.53. The van der Waals surface area contributed by atoms with Crippen LogP contribution in [0.3, 0.4) is 0 Å². The van der Waals surface area contributed by atoms with Crippen molar-refractivity contribution in [3.8, 4) is 5.75 Å². The molecule has 1 aromatic carbocycles. The van der Waals surface area contributed by atoms with Crippen LogP contribution in [-0.2, 0) is 11.3 Å². The summed E-state index contributed by atoms with van der Waals surface area (Å²) in [6, 6.07) is 10.6. The second kappa shape index (κ2) is 7.85. The quantitative estimate of drug-likeness (QED) is 0.706. The highest BCUT2D eigenvalue weighted by molar-refractivity contribution is 7.15. The highest BCUT2D eigenvalue weighted by atomic mass is 32.1. The van der Waals surface area contributed by atoms with E-state index in [1.165, 1.54) is 18.3 Å². The molecule has 1 aliphatic heterocycles. The zero-order valence-electron chi connectivity index (χ0n) is 16.3. The fourth-order valence-electron chi connectivity index (χ4n) is 3.69. The fourth-order valence-corrected chi connectivity index (χ4v) is 4.57. The number of amides is 1. The molecule has 1 fully saturated rings. The number of benzene rings is 1. The highest BCUT2D eigenvalue weighted by Crippen LogP contribution is 2.30. The number of likely N-dealkylation sites (tertiary alicyclic amines) is 1. The summed E-state index contributed by atoms with van der Waals surface area (Å²) in [7, 11) is 0. The number of nitrogens with one attached hydrogen (secondary N) is 1. The summed E-state index contributed by atoms with van der Waals surface area (Å²) in [5.74, 6) is 0.816. The van der Waals surface area contributed by atoms with E-state index in [1.54, 1.807) is 0 Å². The van der Waals surface area contributed by atoms with E-state index in [-0.39, 0.29) is 12.0 Å². The van der Waals surface area contributed by atoms with Crippen LogP contribution in [0.1, 0.15) is 30.8 Å². The first-order chi connectivity index (χ1) is 13.5. The zero-order valence-corrected chi connectivity index (χ0v) is 17.1. The van der Waals surface area contributed by atoms with Crippen LogP contribution in [0.2, 0.25) is 0 Å². The molecule has 3 aromatic rings. The number of aromatic nitrogens is 2. The zero-order chi connectivity index (χ0) is 19.7. The number of carbonyl (C=O) groups excluding carboxylic acids is 1. The molecule has 0 bridgehead atoms. The number of pyridine rings is 1. The Bertz CT molecular complexity index is 1000. The summed E-state index contributed by atoms with van der Waals surface area (Å²) in [6.45, 7) is 7.41. The van der Waals surface area contributed by atoms with Gasteiger partial charge in [-0.3, -0.25) is 14.7 Å². The third-order valence-electron chi connectivity index (χ3n) is 4.96. The molecule has 0 spiro atoms. The summed E-state index contributed by atoms with van der Waals surface area (Å²) in [4.78, 5) is 23.6. The van der Waals surface area contributed by atoms with Crippen molar-refractivity contribution in [3.05, 3.63) is 47.1 Å². The maximum absolute atomic E-state index is 11.2. The molecule has 1 saturated heterocycles. The predicted molar refractivity (Wildman–Crippen MR) is 112 cm³/mol. The second-order valence-electron chi connectivity index (χ2n) is 7.35. The molecular formula is C21H24N4O2S. The van der Waals surface area contributed by atoms with Gasteiger partial charge in [-0.25, -0.2) is 4.98 Å². The van der Waals surface area contributed by atoms with Gasteiger partial charge in [-0.2, -0.15) is 0 Å². The van der Waals surface area contributed by atoms with Gasteiger partial charge < -0.3 is 10.1 Å². The van der Waals surface area contributed by atoms with Crippen molar-refractivity contribution in [1.29, 1.82) is 0 Å². The van der Waals surface area contributed by atoms with Gasteiger partial charge in [0.1, 0.15) is 11.9 Å². The summed E-state index contributed by atoms with van der Waals surface area (Å²) in [6.07, 6.45) is 2.96. The normalized spacial score (nSPS) is 19.8. The van der Waals surface area contributed by atoms with E-state index in [2.05, 4.69) is 33.2 Å². The van der Waals surface area contributed by atoms with Gasteiger partial charge in [0, 0.05) is 60.7 Å². The molecule has 1 N–H and O–H groups in total. The summed E-state index contributed by atoms with van der Waals surface area (Å²) < 4.78 is 6.41. The summed E-state index contributed by atoms with van der Waals surface area (Å²) in [5.41, 5.74) is 1.93. The van der Waals surface area contributed by atoms with Crippen LogP contribution >= 0.6 is 11.3 Å². The largest absolute Gasteiger partial charge is 0.488 e. The Hall–Kier alpha value is -2.51. The Morgan fingerprint density at radius 1 is 1.39 bits per heavy atom. The van der Waals surface area contributed by atoms with Gasteiger partial charge in [0.25, 0.3) is 0 Å². The van der Waals surface area contributed by atoms with Crippen molar-refractivity contribution < 1.29 is 9.53 Å². The van der Waals surface area contributed by atoms with Crippen LogP contribution in [0.15, 0.2) is 36.5 Å². The molecule has 0 unspecified atom stereocenters. The first kappa shape index (κ1) is 18.8. The van der Waals surface area contributed by atoms with Gasteiger partial charge >= 0.3 is 0 Å². The standard InChI is InChI=1S/C21H24N4O2S/c1-13-8-20(18-6-4-5-7-19(18)23-13)27-16-9-14(2)25(11-16)12-17-10-22-21(28-17)24-15(3)26/h4-8,10,14,16H,9,11-12H2,1-3H3,(H,22,24,26)/t14-,16+/m0/s1. The molecule has 146 valence electrons. The molecule has 7 heteroatoms. The lowest BCUT2D eigenvalue weighted by molar-refractivity contribution is -0.114. The third-order valence-corrected chi connectivity index (χ3v) is 5.86. The van der Waals surface area contributed by atoms with Gasteiger partial charge in [0.2, 0.25) is 5.91 Å². The number of nitrogens with zero attached hydrogens (tertiary/aromatic N) is 3. The minimum absolute atomic E-state index is 0.0937. The van der Waals surface area contributed by atoms with E-state index in [4.69, 9.17) is 4.74 Å². The lowest BCUT2D eigenvalue weighted by atomic mass is 10.1. The molecule has 0 saturated carbocycles. The maximum Gasteiger partial charge on any atom is 0.223 e. The smallest absolute Gasteiger partial charge is 0.223 e. The van der Waals surface area contributed by atoms with Crippen molar-refractivity contribution in [3.63, 3.8) is 0 Å². The van der Waals surface area contributed by atoms with Crippen molar-refractivity contribution >= 4 is 33.3 Å². The Balaban J connectivity index is 1.44. The second-order valence-corrected chi connectivity index (χ2v) is 8.46. The van der Waals surface area contributed by atoms with Crippen molar-refractivity contribution in [2.45, 2.75) is 45.9 Å². The Labute approximate surface area is 168 Å². The number of rotatable bonds is 5. The van der Waals surface area contributed by atoms with Crippen molar-refractivity contribution in [2.75, 3.05) is 11.9 Å². The number of para-hydroxylation sites is 1. The van der Waals surface area contributed by atoms with Crippen molar-refractivity contribution in [2.24, 2.45) is 0 Å². The van der Waals surface area contributed by atoms with Crippen LogP contribution in [-0.4, -0.2) is 39.5 Å². The topological polar surface area (TPSA) is 67.4 Å². The number of ether oxygens (including phenoxy) is 1. The molecule has 28 heavy (non-hydrogen) atoms. The first-order valence-electron chi connectivity index (χ1n) is 9.47. The van der Waals surface area contributed by atoms with E-state index in [9.17, 15) is 4.79 Å². The fraction of sp³-hybridized carbons (Fsp3) is 0.381. The highest BCUT2D eigenvalue weighted by Gasteiger charge is 2.31. The first-order valence-corrected chi connectivity index (χ1v) is 10.3. The van der Waals surface area contributed by atoms with Gasteiger partial charge in [-0.1, -0.05) is 12.1 Å². The van der Waals surface area contributed by atoms with Gasteiger partial charge in [0.05, 0.1) is 5.52 Å². The molecular weight excluding hydrogens is 372 g/mol. The Kier molecular flexibility index (Phi) is 5.28. The van der Waals surface area contributed by atoms with E-state index >= 15 is 0 Å². The lowest BCUT2D eigenvalue weighted by Crippen LogP contribution is -2.27. The van der Waals surface area contributed by atoms with E-state index in [0.29, 0.717) is 11.2 Å². The molecule has 0 aliphatic carbocycles. The van der Waals surface area contributed by atoms with Crippen LogP contribution in [0.4, 0.5) is 5.13 Å².